The largest absolute Gasteiger partial charge is 0.380 e. The highest BCUT2D eigenvalue weighted by molar-refractivity contribution is 7.90. The summed E-state index contributed by atoms with van der Waals surface area (Å²) in [6.07, 6.45) is 1.23. The number of anilines is 1. The Morgan fingerprint density at radius 1 is 1.07 bits per heavy atom. The molecule has 164 valence electrons. The van der Waals surface area contributed by atoms with Gasteiger partial charge in [0.05, 0.1) is 11.4 Å². The van der Waals surface area contributed by atoms with Crippen LogP contribution in [0.4, 0.5) is 5.69 Å². The van der Waals surface area contributed by atoms with Gasteiger partial charge in [0.15, 0.2) is 15.8 Å². The summed E-state index contributed by atoms with van der Waals surface area (Å²) in [6.45, 7) is 10.2. The van der Waals surface area contributed by atoms with Gasteiger partial charge in [-0.3, -0.25) is 0 Å². The first-order valence-corrected chi connectivity index (χ1v) is 12.2. The molecule has 2 aromatic rings. The molecule has 0 saturated heterocycles. The van der Waals surface area contributed by atoms with Crippen LogP contribution in [0, 0.1) is 12.8 Å². The van der Waals surface area contributed by atoms with Gasteiger partial charge < -0.3 is 16.0 Å². The van der Waals surface area contributed by atoms with Crippen molar-refractivity contribution in [3.63, 3.8) is 0 Å². The zero-order valence-corrected chi connectivity index (χ0v) is 19.4. The molecule has 0 aliphatic carbocycles. The summed E-state index contributed by atoms with van der Waals surface area (Å²) in [7, 11) is -3.21. The van der Waals surface area contributed by atoms with E-state index < -0.39 is 9.84 Å². The first-order chi connectivity index (χ1) is 14.2. The van der Waals surface area contributed by atoms with Crippen molar-refractivity contribution in [1.29, 1.82) is 0 Å². The molecule has 0 aliphatic rings. The smallest absolute Gasteiger partial charge is 0.191 e. The van der Waals surface area contributed by atoms with Crippen LogP contribution in [-0.2, 0) is 16.4 Å². The molecule has 0 fully saturated rings. The number of para-hydroxylation sites is 1. The standard InChI is InChI=1S/C23H34N4O2S/c1-6-24-23(25-15-19-12-13-22(18(4)14-19)30(5,28)29)26-16-21(17(2)3)27-20-10-8-7-9-11-20/h7-14,17,21,27H,6,15-16H2,1-5H3,(H2,24,25,26). The molecule has 0 bridgehead atoms. The maximum atomic E-state index is 11.8. The molecule has 0 saturated carbocycles. The van der Waals surface area contributed by atoms with E-state index >= 15 is 0 Å². The molecule has 6 nitrogen and oxygen atoms in total. The van der Waals surface area contributed by atoms with Gasteiger partial charge in [-0.15, -0.1) is 0 Å². The quantitative estimate of drug-likeness (QED) is 0.418. The number of hydrogen-bond donors (Lipinski definition) is 3. The minimum atomic E-state index is -3.21. The Labute approximate surface area is 181 Å². The zero-order valence-electron chi connectivity index (χ0n) is 18.6. The fourth-order valence-corrected chi connectivity index (χ4v) is 4.11. The summed E-state index contributed by atoms with van der Waals surface area (Å²) >= 11 is 0. The van der Waals surface area contributed by atoms with Gasteiger partial charge >= 0.3 is 0 Å². The summed E-state index contributed by atoms with van der Waals surface area (Å²) in [5.74, 6) is 1.18. The number of nitrogens with one attached hydrogen (secondary N) is 3. The van der Waals surface area contributed by atoms with Crippen LogP contribution < -0.4 is 16.0 Å². The predicted molar refractivity (Wildman–Crippen MR) is 126 cm³/mol. The molecule has 0 aromatic heterocycles. The summed E-state index contributed by atoms with van der Waals surface area (Å²) < 4.78 is 23.6. The Morgan fingerprint density at radius 3 is 2.33 bits per heavy atom. The molecule has 0 aliphatic heterocycles. The van der Waals surface area contributed by atoms with E-state index in [0.717, 1.165) is 35.9 Å². The van der Waals surface area contributed by atoms with Crippen molar-refractivity contribution in [2.45, 2.75) is 45.2 Å². The second-order valence-corrected chi connectivity index (χ2v) is 9.79. The summed E-state index contributed by atoms with van der Waals surface area (Å²) in [5.41, 5.74) is 2.82. The van der Waals surface area contributed by atoms with Crippen molar-refractivity contribution < 1.29 is 8.42 Å². The molecule has 1 unspecified atom stereocenters. The van der Waals surface area contributed by atoms with E-state index in [4.69, 9.17) is 0 Å². The third kappa shape index (κ3) is 7.37. The third-order valence-electron chi connectivity index (χ3n) is 4.82. The molecule has 1 atom stereocenters. The highest BCUT2D eigenvalue weighted by Gasteiger charge is 2.14. The Bertz CT molecular complexity index is 941. The number of sulfone groups is 1. The summed E-state index contributed by atoms with van der Waals surface area (Å²) in [6, 6.07) is 15.8. The lowest BCUT2D eigenvalue weighted by atomic mass is 10.0. The van der Waals surface area contributed by atoms with Crippen LogP contribution in [0.5, 0.6) is 0 Å². The van der Waals surface area contributed by atoms with Crippen molar-refractivity contribution in [2.24, 2.45) is 10.9 Å². The van der Waals surface area contributed by atoms with Crippen molar-refractivity contribution in [1.82, 2.24) is 10.6 Å². The molecule has 0 spiro atoms. The van der Waals surface area contributed by atoms with Crippen LogP contribution in [0.1, 0.15) is 31.9 Å². The number of benzene rings is 2. The SMILES string of the molecule is CCNC(=NCc1ccc(S(C)(=O)=O)c(C)c1)NCC(Nc1ccccc1)C(C)C. The van der Waals surface area contributed by atoms with Crippen LogP contribution in [0.2, 0.25) is 0 Å². The summed E-state index contributed by atoms with van der Waals surface area (Å²) in [5, 5.41) is 10.3. The van der Waals surface area contributed by atoms with Crippen molar-refractivity contribution >= 4 is 21.5 Å². The number of nitrogens with zero attached hydrogens (tertiary/aromatic N) is 1. The highest BCUT2D eigenvalue weighted by Crippen LogP contribution is 2.17. The van der Waals surface area contributed by atoms with E-state index in [0.29, 0.717) is 17.4 Å². The number of aryl methyl sites for hydroxylation is 1. The lowest BCUT2D eigenvalue weighted by Crippen LogP contribution is -2.44. The van der Waals surface area contributed by atoms with Gasteiger partial charge in [-0.25, -0.2) is 13.4 Å². The summed E-state index contributed by atoms with van der Waals surface area (Å²) in [4.78, 5) is 5.04. The van der Waals surface area contributed by atoms with Crippen LogP contribution in [-0.4, -0.2) is 39.8 Å². The average molecular weight is 431 g/mol. The van der Waals surface area contributed by atoms with Crippen LogP contribution in [0.25, 0.3) is 0 Å². The Kier molecular flexibility index (Phi) is 8.72. The van der Waals surface area contributed by atoms with Gasteiger partial charge in [0.1, 0.15) is 0 Å². The van der Waals surface area contributed by atoms with Crippen LogP contribution >= 0.6 is 0 Å². The molecule has 2 aromatic carbocycles. The monoisotopic (exact) mass is 430 g/mol. The average Bonchev–Trinajstić information content (AvgIpc) is 2.68. The Hall–Kier alpha value is -2.54. The van der Waals surface area contributed by atoms with Gasteiger partial charge in [-0.1, -0.05) is 44.2 Å². The second-order valence-electron chi connectivity index (χ2n) is 7.81. The van der Waals surface area contributed by atoms with Crippen molar-refractivity contribution in [3.05, 3.63) is 59.7 Å². The van der Waals surface area contributed by atoms with Gasteiger partial charge in [0.2, 0.25) is 0 Å². The molecule has 7 heteroatoms. The molecular weight excluding hydrogens is 396 g/mol. The van der Waals surface area contributed by atoms with Crippen molar-refractivity contribution in [3.8, 4) is 0 Å². The fourth-order valence-electron chi connectivity index (χ4n) is 3.15. The molecule has 3 N–H and O–H groups in total. The Balaban J connectivity index is 2.05. The number of aliphatic imine (C=N–C) groups is 1. The molecule has 30 heavy (non-hydrogen) atoms. The topological polar surface area (TPSA) is 82.6 Å². The molecular formula is C23H34N4O2S. The third-order valence-corrected chi connectivity index (χ3v) is 6.08. The van der Waals surface area contributed by atoms with E-state index in [1.54, 1.807) is 6.07 Å². The van der Waals surface area contributed by atoms with Crippen LogP contribution in [0.15, 0.2) is 58.4 Å². The van der Waals surface area contributed by atoms with Crippen molar-refractivity contribution in [2.75, 3.05) is 24.7 Å². The Morgan fingerprint density at radius 2 is 1.77 bits per heavy atom. The molecule has 0 heterocycles. The van der Waals surface area contributed by atoms with E-state index in [1.807, 2.05) is 44.2 Å². The number of rotatable bonds is 9. The zero-order chi connectivity index (χ0) is 22.1. The predicted octanol–water partition coefficient (Wildman–Crippen LogP) is 3.59. The van der Waals surface area contributed by atoms with Gasteiger partial charge in [0.25, 0.3) is 0 Å². The fraction of sp³-hybridized carbons (Fsp3) is 0.435. The molecule has 2 rings (SSSR count). The maximum absolute atomic E-state index is 11.8. The first-order valence-electron chi connectivity index (χ1n) is 10.3. The van der Waals surface area contributed by atoms with E-state index in [-0.39, 0.29) is 6.04 Å². The van der Waals surface area contributed by atoms with E-state index in [1.165, 1.54) is 6.26 Å². The van der Waals surface area contributed by atoms with E-state index in [2.05, 4.69) is 46.9 Å². The van der Waals surface area contributed by atoms with E-state index in [9.17, 15) is 8.42 Å². The minimum Gasteiger partial charge on any atom is -0.380 e. The first kappa shape index (κ1) is 23.7. The highest BCUT2D eigenvalue weighted by atomic mass is 32.2. The molecule has 0 radical (unpaired) electrons. The van der Waals surface area contributed by atoms with Crippen LogP contribution in [0.3, 0.4) is 0 Å². The lowest BCUT2D eigenvalue weighted by molar-refractivity contribution is 0.512. The number of guanidine groups is 1. The van der Waals surface area contributed by atoms with Gasteiger partial charge in [-0.2, -0.15) is 0 Å². The maximum Gasteiger partial charge on any atom is 0.191 e. The second kappa shape index (κ2) is 11.0. The van der Waals surface area contributed by atoms with Gasteiger partial charge in [-0.05, 0) is 49.1 Å². The lowest BCUT2D eigenvalue weighted by Gasteiger charge is -2.25. The normalized spacial score (nSPS) is 13.2. The van der Waals surface area contributed by atoms with Gasteiger partial charge in [0, 0.05) is 31.1 Å². The number of hydrogen-bond acceptors (Lipinski definition) is 4. The minimum absolute atomic E-state index is 0.243. The molecule has 0 amide bonds.